The molecule has 1 aliphatic carbocycles. The minimum absolute atomic E-state index is 0.0107. The molecule has 0 spiro atoms. The highest BCUT2D eigenvalue weighted by Gasteiger charge is 2.28. The van der Waals surface area contributed by atoms with Crippen LogP contribution in [0.5, 0.6) is 0 Å². The summed E-state index contributed by atoms with van der Waals surface area (Å²) in [5.74, 6) is -6.76. The van der Waals surface area contributed by atoms with Crippen molar-refractivity contribution in [3.8, 4) is 0 Å². The molecule has 2 aromatic carbocycles. The Bertz CT molecular complexity index is 995. The molecule has 0 nitrogen and oxygen atoms in total. The van der Waals surface area contributed by atoms with Crippen LogP contribution in [-0.2, 0) is 6.42 Å². The molecule has 0 atom stereocenters. The Labute approximate surface area is 173 Å². The summed E-state index contributed by atoms with van der Waals surface area (Å²) in [6, 6.07) is 3.83. The Hall–Kier alpha value is -2.43. The molecular weight excluding hydrogens is 395 g/mol. The van der Waals surface area contributed by atoms with Crippen LogP contribution in [0.1, 0.15) is 50.2 Å². The molecule has 0 heterocycles. The summed E-state index contributed by atoms with van der Waals surface area (Å²) >= 11 is 0. The van der Waals surface area contributed by atoms with Crippen LogP contribution in [0.25, 0.3) is 16.6 Å². The SMILES string of the molecule is C=CCCc1ccc2cc(C(F)=C(F)C3CCC(/C=C/C)CC3)c(F)c(F)c2c1F. The van der Waals surface area contributed by atoms with E-state index in [-0.39, 0.29) is 17.4 Å². The van der Waals surface area contributed by atoms with Gasteiger partial charge in [-0.25, -0.2) is 22.0 Å². The lowest BCUT2D eigenvalue weighted by Crippen LogP contribution is -2.14. The van der Waals surface area contributed by atoms with Crippen LogP contribution in [0.3, 0.4) is 0 Å². The Morgan fingerprint density at radius 2 is 1.73 bits per heavy atom. The number of aryl methyl sites for hydroxylation is 1. The van der Waals surface area contributed by atoms with Gasteiger partial charge in [0.05, 0.1) is 10.9 Å². The van der Waals surface area contributed by atoms with E-state index in [1.54, 1.807) is 6.08 Å². The maximum Gasteiger partial charge on any atom is 0.170 e. The molecule has 0 bridgehead atoms. The van der Waals surface area contributed by atoms with Crippen LogP contribution in [0.2, 0.25) is 0 Å². The molecule has 0 radical (unpaired) electrons. The van der Waals surface area contributed by atoms with Crippen molar-refractivity contribution >= 4 is 16.6 Å². The van der Waals surface area contributed by atoms with Crippen molar-refractivity contribution in [3.05, 3.63) is 77.4 Å². The minimum atomic E-state index is -1.57. The largest absolute Gasteiger partial charge is 0.208 e. The van der Waals surface area contributed by atoms with E-state index in [9.17, 15) is 22.0 Å². The van der Waals surface area contributed by atoms with Crippen molar-refractivity contribution in [2.24, 2.45) is 11.8 Å². The Kier molecular flexibility index (Phi) is 7.11. The smallest absolute Gasteiger partial charge is 0.170 e. The van der Waals surface area contributed by atoms with Gasteiger partial charge in [0.15, 0.2) is 17.5 Å². The first kappa shape index (κ1) is 22.3. The third-order valence-corrected chi connectivity index (χ3v) is 5.86. The van der Waals surface area contributed by atoms with Gasteiger partial charge in [0.2, 0.25) is 0 Å². The molecule has 1 aliphatic rings. The maximum absolute atomic E-state index is 14.9. The number of rotatable bonds is 6. The number of hydrogen-bond acceptors (Lipinski definition) is 0. The van der Waals surface area contributed by atoms with Gasteiger partial charge in [0.25, 0.3) is 0 Å². The van der Waals surface area contributed by atoms with Gasteiger partial charge in [-0.3, -0.25) is 0 Å². The summed E-state index contributed by atoms with van der Waals surface area (Å²) in [6.07, 6.45) is 8.64. The number of benzene rings is 2. The zero-order valence-corrected chi connectivity index (χ0v) is 17.0. The Morgan fingerprint density at radius 3 is 2.37 bits per heavy atom. The van der Waals surface area contributed by atoms with Crippen LogP contribution >= 0.6 is 0 Å². The lowest BCUT2D eigenvalue weighted by Gasteiger charge is -2.26. The van der Waals surface area contributed by atoms with Crippen molar-refractivity contribution in [1.29, 1.82) is 0 Å². The summed E-state index contributed by atoms with van der Waals surface area (Å²) in [7, 11) is 0. The van der Waals surface area contributed by atoms with Gasteiger partial charge in [-0.2, -0.15) is 0 Å². The quantitative estimate of drug-likeness (QED) is 0.325. The summed E-state index contributed by atoms with van der Waals surface area (Å²) < 4.78 is 73.6. The maximum atomic E-state index is 14.9. The fraction of sp³-hybridized carbons (Fsp3) is 0.360. The second kappa shape index (κ2) is 9.59. The first-order valence-corrected chi connectivity index (χ1v) is 10.3. The van der Waals surface area contributed by atoms with E-state index >= 15 is 0 Å². The van der Waals surface area contributed by atoms with Gasteiger partial charge < -0.3 is 0 Å². The molecule has 0 unspecified atom stereocenters. The highest BCUT2D eigenvalue weighted by Crippen LogP contribution is 2.40. The van der Waals surface area contributed by atoms with E-state index in [2.05, 4.69) is 6.58 Å². The molecule has 3 rings (SSSR count). The molecular formula is C25H25F5. The van der Waals surface area contributed by atoms with Crippen molar-refractivity contribution in [2.75, 3.05) is 0 Å². The number of hydrogen-bond donors (Lipinski definition) is 0. The zero-order valence-electron chi connectivity index (χ0n) is 17.0. The molecule has 0 aliphatic heterocycles. The highest BCUT2D eigenvalue weighted by atomic mass is 19.2. The van der Waals surface area contributed by atoms with E-state index in [1.807, 2.05) is 19.1 Å². The average Bonchev–Trinajstić information content (AvgIpc) is 2.75. The predicted molar refractivity (Wildman–Crippen MR) is 112 cm³/mol. The monoisotopic (exact) mass is 420 g/mol. The third-order valence-electron chi connectivity index (χ3n) is 5.86. The Balaban J connectivity index is 1.98. The zero-order chi connectivity index (χ0) is 21.8. The van der Waals surface area contributed by atoms with Crippen LogP contribution < -0.4 is 0 Å². The molecule has 0 N–H and O–H groups in total. The topological polar surface area (TPSA) is 0 Å². The first-order chi connectivity index (χ1) is 14.4. The summed E-state index contributed by atoms with van der Waals surface area (Å²) in [5, 5.41) is -0.554. The van der Waals surface area contributed by atoms with Crippen molar-refractivity contribution < 1.29 is 22.0 Å². The van der Waals surface area contributed by atoms with Crippen molar-refractivity contribution in [2.45, 2.75) is 45.4 Å². The van der Waals surface area contributed by atoms with E-state index in [4.69, 9.17) is 0 Å². The molecule has 160 valence electrons. The van der Waals surface area contributed by atoms with Crippen LogP contribution in [0.4, 0.5) is 22.0 Å². The molecule has 5 heteroatoms. The van der Waals surface area contributed by atoms with Crippen molar-refractivity contribution in [1.82, 2.24) is 0 Å². The number of allylic oxidation sites excluding steroid dienone is 4. The third kappa shape index (κ3) is 4.35. The number of fused-ring (bicyclic) bond motifs is 1. The average molecular weight is 420 g/mol. The first-order valence-electron chi connectivity index (χ1n) is 10.3. The lowest BCUT2D eigenvalue weighted by molar-refractivity contribution is 0.304. The fourth-order valence-corrected chi connectivity index (χ4v) is 4.18. The van der Waals surface area contributed by atoms with Crippen molar-refractivity contribution in [3.63, 3.8) is 0 Å². The molecule has 0 saturated heterocycles. The van der Waals surface area contributed by atoms with Gasteiger partial charge in [-0.05, 0) is 68.4 Å². The van der Waals surface area contributed by atoms with Gasteiger partial charge in [-0.15, -0.1) is 6.58 Å². The molecule has 0 amide bonds. The second-order valence-corrected chi connectivity index (χ2v) is 7.82. The summed E-state index contributed by atoms with van der Waals surface area (Å²) in [5.41, 5.74) is -0.583. The summed E-state index contributed by atoms with van der Waals surface area (Å²) in [4.78, 5) is 0. The van der Waals surface area contributed by atoms with E-state index in [1.165, 1.54) is 12.1 Å². The molecule has 30 heavy (non-hydrogen) atoms. The molecule has 1 saturated carbocycles. The Morgan fingerprint density at radius 1 is 1.03 bits per heavy atom. The number of halogens is 5. The van der Waals surface area contributed by atoms with Gasteiger partial charge in [0, 0.05) is 5.92 Å². The van der Waals surface area contributed by atoms with Gasteiger partial charge in [0.1, 0.15) is 11.6 Å². The highest BCUT2D eigenvalue weighted by molar-refractivity contribution is 5.88. The van der Waals surface area contributed by atoms with E-state index in [0.29, 0.717) is 38.0 Å². The van der Waals surface area contributed by atoms with Crippen LogP contribution in [-0.4, -0.2) is 0 Å². The normalized spacial score (nSPS) is 20.6. The second-order valence-electron chi connectivity index (χ2n) is 7.82. The summed E-state index contributed by atoms with van der Waals surface area (Å²) in [6.45, 7) is 5.47. The van der Waals surface area contributed by atoms with E-state index < -0.39 is 46.0 Å². The minimum Gasteiger partial charge on any atom is -0.208 e. The van der Waals surface area contributed by atoms with E-state index in [0.717, 1.165) is 6.07 Å². The molecule has 1 fully saturated rings. The lowest BCUT2D eigenvalue weighted by atomic mass is 9.81. The van der Waals surface area contributed by atoms with Crippen LogP contribution in [0, 0.1) is 29.3 Å². The fourth-order valence-electron chi connectivity index (χ4n) is 4.18. The van der Waals surface area contributed by atoms with Gasteiger partial charge in [-0.1, -0.05) is 30.4 Å². The predicted octanol–water partition coefficient (Wildman–Crippen LogP) is 8.37. The standard InChI is InChI=1S/C25H25F5/c1-3-5-7-16-12-13-18-14-19(24(29)25(30)20(18)21(16)26)23(28)22(27)17-10-8-15(6-4-2)9-11-17/h3-4,6,12-15,17H,1,5,7-11H2,2H3/b6-4+,23-22?. The van der Waals surface area contributed by atoms with Crippen LogP contribution in [0.15, 0.2) is 48.8 Å². The molecule has 0 aromatic heterocycles. The molecule has 2 aromatic rings. The van der Waals surface area contributed by atoms with Gasteiger partial charge >= 0.3 is 0 Å².